The van der Waals surface area contributed by atoms with Crippen molar-refractivity contribution in [3.05, 3.63) is 34.9 Å². The molecule has 2 aliphatic heterocycles. The van der Waals surface area contributed by atoms with Crippen LogP contribution in [0.1, 0.15) is 21.5 Å². The van der Waals surface area contributed by atoms with Crippen LogP contribution >= 0.6 is 0 Å². The summed E-state index contributed by atoms with van der Waals surface area (Å²) in [5, 5.41) is 9.21. The van der Waals surface area contributed by atoms with Crippen LogP contribution in [0.15, 0.2) is 18.2 Å². The Balaban J connectivity index is 1.80. The lowest BCUT2D eigenvalue weighted by Crippen LogP contribution is -2.45. The van der Waals surface area contributed by atoms with Crippen LogP contribution in [0.4, 0.5) is 0 Å². The van der Waals surface area contributed by atoms with Crippen molar-refractivity contribution in [2.24, 2.45) is 11.7 Å². The van der Waals surface area contributed by atoms with Gasteiger partial charge in [-0.1, -0.05) is 12.1 Å². The molecule has 3 rings (SSSR count). The van der Waals surface area contributed by atoms with Crippen molar-refractivity contribution in [3.63, 3.8) is 0 Å². The van der Waals surface area contributed by atoms with Gasteiger partial charge < -0.3 is 20.5 Å². The third-order valence-electron chi connectivity index (χ3n) is 4.25. The normalized spacial score (nSPS) is 24.7. The summed E-state index contributed by atoms with van der Waals surface area (Å²) in [7, 11) is 0. The van der Waals surface area contributed by atoms with Crippen LogP contribution in [0, 0.1) is 5.92 Å². The highest BCUT2D eigenvalue weighted by molar-refractivity contribution is 5.90. The van der Waals surface area contributed by atoms with E-state index in [0.717, 1.165) is 11.1 Å². The molecule has 112 valence electrons. The molecular weight excluding hydrogens is 272 g/mol. The van der Waals surface area contributed by atoms with Crippen LogP contribution in [-0.4, -0.2) is 47.7 Å². The minimum absolute atomic E-state index is 0.00591. The first-order chi connectivity index (χ1) is 10.1. The number of carbonyl (C=O) groups is 2. The predicted molar refractivity (Wildman–Crippen MR) is 74.8 cm³/mol. The average Bonchev–Trinajstić information content (AvgIpc) is 2.91. The number of nitrogens with two attached hydrogens (primary N) is 1. The van der Waals surface area contributed by atoms with Gasteiger partial charge in [0.15, 0.2) is 0 Å². The SMILES string of the molecule is NC1COCC1C(=O)N1CCc2c(cccc2C(=O)O)C1. The molecule has 0 aromatic heterocycles. The summed E-state index contributed by atoms with van der Waals surface area (Å²) >= 11 is 0. The summed E-state index contributed by atoms with van der Waals surface area (Å²) in [4.78, 5) is 25.5. The van der Waals surface area contributed by atoms with Crippen LogP contribution in [-0.2, 0) is 22.5 Å². The van der Waals surface area contributed by atoms with E-state index in [1.807, 2.05) is 6.07 Å². The first-order valence-corrected chi connectivity index (χ1v) is 7.04. The summed E-state index contributed by atoms with van der Waals surface area (Å²) in [6.45, 7) is 1.76. The molecule has 2 heterocycles. The van der Waals surface area contributed by atoms with Crippen molar-refractivity contribution in [3.8, 4) is 0 Å². The zero-order valence-electron chi connectivity index (χ0n) is 11.6. The van der Waals surface area contributed by atoms with Gasteiger partial charge in [0.2, 0.25) is 5.91 Å². The Labute approximate surface area is 122 Å². The van der Waals surface area contributed by atoms with Gasteiger partial charge in [-0.3, -0.25) is 4.79 Å². The van der Waals surface area contributed by atoms with Crippen LogP contribution in [0.25, 0.3) is 0 Å². The third-order valence-corrected chi connectivity index (χ3v) is 4.25. The molecule has 6 nitrogen and oxygen atoms in total. The molecule has 2 atom stereocenters. The maximum absolute atomic E-state index is 12.5. The monoisotopic (exact) mass is 290 g/mol. The molecule has 21 heavy (non-hydrogen) atoms. The third kappa shape index (κ3) is 2.52. The molecule has 2 aliphatic rings. The summed E-state index contributed by atoms with van der Waals surface area (Å²) in [5.74, 6) is -1.20. The smallest absolute Gasteiger partial charge is 0.335 e. The van der Waals surface area contributed by atoms with Gasteiger partial charge in [0.05, 0.1) is 24.7 Å². The molecule has 0 spiro atoms. The van der Waals surface area contributed by atoms with Crippen LogP contribution < -0.4 is 5.73 Å². The molecule has 1 saturated heterocycles. The Hall–Kier alpha value is -1.92. The molecule has 6 heteroatoms. The van der Waals surface area contributed by atoms with E-state index in [4.69, 9.17) is 10.5 Å². The minimum Gasteiger partial charge on any atom is -0.478 e. The van der Waals surface area contributed by atoms with Gasteiger partial charge in [-0.05, 0) is 23.6 Å². The fraction of sp³-hybridized carbons (Fsp3) is 0.467. The molecule has 1 aromatic rings. The molecule has 3 N–H and O–H groups in total. The van der Waals surface area contributed by atoms with Crippen molar-refractivity contribution in [1.82, 2.24) is 4.90 Å². The van der Waals surface area contributed by atoms with Gasteiger partial charge in [0.25, 0.3) is 0 Å². The molecule has 0 aliphatic carbocycles. The standard InChI is InChI=1S/C15H18N2O4/c16-13-8-21-7-12(13)14(18)17-5-4-10-9(6-17)2-1-3-11(10)15(19)20/h1-3,12-13H,4-8,16H2,(H,19,20). The van der Waals surface area contributed by atoms with E-state index in [2.05, 4.69) is 0 Å². The maximum atomic E-state index is 12.5. The molecule has 1 amide bonds. The van der Waals surface area contributed by atoms with E-state index in [-0.39, 0.29) is 17.9 Å². The molecule has 1 fully saturated rings. The number of fused-ring (bicyclic) bond motifs is 1. The highest BCUT2D eigenvalue weighted by atomic mass is 16.5. The Morgan fingerprint density at radius 1 is 1.33 bits per heavy atom. The van der Waals surface area contributed by atoms with Gasteiger partial charge in [-0.15, -0.1) is 0 Å². The predicted octanol–water partition coefficient (Wildman–Crippen LogP) is 0.243. The van der Waals surface area contributed by atoms with Crippen molar-refractivity contribution in [2.45, 2.75) is 19.0 Å². The van der Waals surface area contributed by atoms with E-state index in [0.29, 0.717) is 38.3 Å². The van der Waals surface area contributed by atoms with Crippen molar-refractivity contribution in [2.75, 3.05) is 19.8 Å². The summed E-state index contributed by atoms with van der Waals surface area (Å²) in [5.41, 5.74) is 7.97. The average molecular weight is 290 g/mol. The Bertz CT molecular complexity index is 587. The lowest BCUT2D eigenvalue weighted by Gasteiger charge is -2.32. The van der Waals surface area contributed by atoms with E-state index in [1.54, 1.807) is 17.0 Å². The minimum atomic E-state index is -0.919. The number of ether oxygens (including phenoxy) is 1. The lowest BCUT2D eigenvalue weighted by atomic mass is 9.93. The Morgan fingerprint density at radius 2 is 2.14 bits per heavy atom. The van der Waals surface area contributed by atoms with Crippen molar-refractivity contribution >= 4 is 11.9 Å². The first kappa shape index (κ1) is 14.0. The number of hydrogen-bond donors (Lipinski definition) is 2. The zero-order chi connectivity index (χ0) is 15.0. The number of carboxylic acids is 1. The number of hydrogen-bond acceptors (Lipinski definition) is 4. The maximum Gasteiger partial charge on any atom is 0.335 e. The van der Waals surface area contributed by atoms with Crippen molar-refractivity contribution in [1.29, 1.82) is 0 Å². The van der Waals surface area contributed by atoms with E-state index >= 15 is 0 Å². The summed E-state index contributed by atoms with van der Waals surface area (Å²) < 4.78 is 5.25. The number of amides is 1. The number of rotatable bonds is 2. The second-order valence-electron chi connectivity index (χ2n) is 5.57. The quantitative estimate of drug-likeness (QED) is 0.814. The summed E-state index contributed by atoms with van der Waals surface area (Å²) in [6, 6.07) is 4.97. The zero-order valence-corrected chi connectivity index (χ0v) is 11.6. The number of nitrogens with zero attached hydrogens (tertiary/aromatic N) is 1. The van der Waals surface area contributed by atoms with Gasteiger partial charge in [-0.25, -0.2) is 4.79 Å². The highest BCUT2D eigenvalue weighted by Gasteiger charge is 2.35. The van der Waals surface area contributed by atoms with Crippen LogP contribution in [0.3, 0.4) is 0 Å². The number of aromatic carboxylic acids is 1. The van der Waals surface area contributed by atoms with Gasteiger partial charge in [-0.2, -0.15) is 0 Å². The first-order valence-electron chi connectivity index (χ1n) is 7.04. The lowest BCUT2D eigenvalue weighted by molar-refractivity contribution is -0.136. The number of carboxylic acid groups (broad SMARTS) is 1. The van der Waals surface area contributed by atoms with Crippen molar-refractivity contribution < 1.29 is 19.4 Å². The Kier molecular flexibility index (Phi) is 3.65. The van der Waals surface area contributed by atoms with Crippen LogP contribution in [0.2, 0.25) is 0 Å². The topological polar surface area (TPSA) is 92.9 Å². The molecule has 0 bridgehead atoms. The molecular formula is C15H18N2O4. The van der Waals surface area contributed by atoms with Gasteiger partial charge in [0, 0.05) is 19.1 Å². The summed E-state index contributed by atoms with van der Waals surface area (Å²) in [6.07, 6.45) is 0.562. The molecule has 0 saturated carbocycles. The van der Waals surface area contributed by atoms with E-state index in [1.165, 1.54) is 0 Å². The number of benzene rings is 1. The fourth-order valence-electron chi connectivity index (χ4n) is 3.06. The van der Waals surface area contributed by atoms with E-state index in [9.17, 15) is 14.7 Å². The van der Waals surface area contributed by atoms with Gasteiger partial charge in [0.1, 0.15) is 0 Å². The Morgan fingerprint density at radius 3 is 2.81 bits per heavy atom. The molecule has 0 radical (unpaired) electrons. The fourth-order valence-corrected chi connectivity index (χ4v) is 3.06. The van der Waals surface area contributed by atoms with Crippen LogP contribution in [0.5, 0.6) is 0 Å². The second-order valence-corrected chi connectivity index (χ2v) is 5.57. The second kappa shape index (κ2) is 5.46. The van der Waals surface area contributed by atoms with Gasteiger partial charge >= 0.3 is 5.97 Å². The molecule has 1 aromatic carbocycles. The molecule has 2 unspecified atom stereocenters. The highest BCUT2D eigenvalue weighted by Crippen LogP contribution is 2.25. The largest absolute Gasteiger partial charge is 0.478 e. The number of carbonyl (C=O) groups excluding carboxylic acids is 1. The van der Waals surface area contributed by atoms with E-state index < -0.39 is 5.97 Å².